The summed E-state index contributed by atoms with van der Waals surface area (Å²) < 4.78 is 1.95. The number of hydrogen-bond acceptors (Lipinski definition) is 5. The summed E-state index contributed by atoms with van der Waals surface area (Å²) in [5, 5.41) is 0. The third-order valence-corrected chi connectivity index (χ3v) is 4.48. The Balaban J connectivity index is 1.55. The standard InChI is InChI=1S/C18H20N6/c1-3-15(11-19-5-1)12-23-9-2-4-16(13-23)17-18(22-7-6-21-17)24-10-8-20-14-24/h1,3,5-8,10-11,14,16H,2,4,9,12-13H2. The quantitative estimate of drug-likeness (QED) is 0.739. The molecular weight excluding hydrogens is 300 g/mol. The molecule has 122 valence electrons. The number of piperidine rings is 1. The van der Waals surface area contributed by atoms with Crippen LogP contribution < -0.4 is 0 Å². The Morgan fingerprint density at radius 3 is 2.88 bits per heavy atom. The fraction of sp³-hybridized carbons (Fsp3) is 0.333. The van der Waals surface area contributed by atoms with Crippen LogP contribution in [0.3, 0.4) is 0 Å². The van der Waals surface area contributed by atoms with Crippen LogP contribution in [0.1, 0.15) is 30.0 Å². The second-order valence-electron chi connectivity index (χ2n) is 6.17. The Labute approximate surface area is 141 Å². The predicted molar refractivity (Wildman–Crippen MR) is 90.6 cm³/mol. The maximum atomic E-state index is 4.65. The minimum absolute atomic E-state index is 0.390. The Hall–Kier alpha value is -2.60. The lowest BCUT2D eigenvalue weighted by molar-refractivity contribution is 0.198. The summed E-state index contributed by atoms with van der Waals surface area (Å²) in [6.07, 6.45) is 15.1. The monoisotopic (exact) mass is 320 g/mol. The van der Waals surface area contributed by atoms with Crippen molar-refractivity contribution in [1.82, 2.24) is 29.4 Å². The van der Waals surface area contributed by atoms with Gasteiger partial charge in [0.15, 0.2) is 5.82 Å². The average molecular weight is 320 g/mol. The van der Waals surface area contributed by atoms with Gasteiger partial charge in [-0.1, -0.05) is 6.07 Å². The van der Waals surface area contributed by atoms with Crippen molar-refractivity contribution in [3.63, 3.8) is 0 Å². The van der Waals surface area contributed by atoms with E-state index >= 15 is 0 Å². The van der Waals surface area contributed by atoms with Gasteiger partial charge in [-0.25, -0.2) is 9.97 Å². The second kappa shape index (κ2) is 6.88. The van der Waals surface area contributed by atoms with E-state index in [1.54, 1.807) is 24.9 Å². The topological polar surface area (TPSA) is 59.7 Å². The molecule has 0 saturated carbocycles. The molecule has 1 unspecified atom stereocenters. The number of hydrogen-bond donors (Lipinski definition) is 0. The predicted octanol–water partition coefficient (Wildman–Crippen LogP) is 2.44. The van der Waals surface area contributed by atoms with Gasteiger partial charge in [0.25, 0.3) is 0 Å². The lowest BCUT2D eigenvalue weighted by Crippen LogP contribution is -2.34. The fourth-order valence-electron chi connectivity index (χ4n) is 3.38. The van der Waals surface area contributed by atoms with E-state index in [2.05, 4.69) is 30.9 Å². The maximum Gasteiger partial charge on any atom is 0.160 e. The molecule has 1 aliphatic rings. The zero-order valence-electron chi connectivity index (χ0n) is 13.5. The summed E-state index contributed by atoms with van der Waals surface area (Å²) in [4.78, 5) is 20.0. The molecule has 3 aromatic rings. The number of nitrogens with zero attached hydrogens (tertiary/aromatic N) is 6. The molecule has 1 saturated heterocycles. The largest absolute Gasteiger partial charge is 0.298 e. The molecule has 6 heteroatoms. The molecule has 1 atom stereocenters. The van der Waals surface area contributed by atoms with Crippen molar-refractivity contribution < 1.29 is 0 Å². The van der Waals surface area contributed by atoms with E-state index < -0.39 is 0 Å². The SMILES string of the molecule is c1cncc(CN2CCCC(c3nccnc3-n3ccnc3)C2)c1. The summed E-state index contributed by atoms with van der Waals surface area (Å²) in [6.45, 7) is 3.05. The molecule has 1 aliphatic heterocycles. The van der Waals surface area contributed by atoms with Crippen LogP contribution in [-0.2, 0) is 6.54 Å². The smallest absolute Gasteiger partial charge is 0.160 e. The van der Waals surface area contributed by atoms with Crippen LogP contribution in [0.25, 0.3) is 5.82 Å². The van der Waals surface area contributed by atoms with Gasteiger partial charge in [-0.2, -0.15) is 0 Å². The first-order valence-electron chi connectivity index (χ1n) is 8.30. The van der Waals surface area contributed by atoms with E-state index in [1.807, 2.05) is 29.2 Å². The molecule has 0 aliphatic carbocycles. The first-order valence-corrected chi connectivity index (χ1v) is 8.30. The highest BCUT2D eigenvalue weighted by Crippen LogP contribution is 2.29. The number of imidazole rings is 1. The number of likely N-dealkylation sites (tertiary alicyclic amines) is 1. The van der Waals surface area contributed by atoms with E-state index in [4.69, 9.17) is 0 Å². The molecule has 6 nitrogen and oxygen atoms in total. The summed E-state index contributed by atoms with van der Waals surface area (Å²) in [7, 11) is 0. The third-order valence-electron chi connectivity index (χ3n) is 4.48. The van der Waals surface area contributed by atoms with Crippen molar-refractivity contribution in [3.8, 4) is 5.82 Å². The second-order valence-corrected chi connectivity index (χ2v) is 6.17. The molecule has 0 spiro atoms. The van der Waals surface area contributed by atoms with Crippen molar-refractivity contribution in [2.24, 2.45) is 0 Å². The van der Waals surface area contributed by atoms with E-state index in [9.17, 15) is 0 Å². The molecule has 0 N–H and O–H groups in total. The van der Waals surface area contributed by atoms with Gasteiger partial charge in [0.2, 0.25) is 0 Å². The van der Waals surface area contributed by atoms with Crippen molar-refractivity contribution in [1.29, 1.82) is 0 Å². The molecule has 1 fully saturated rings. The van der Waals surface area contributed by atoms with E-state index in [0.29, 0.717) is 5.92 Å². The number of aromatic nitrogens is 5. The summed E-state index contributed by atoms with van der Waals surface area (Å²) in [5.41, 5.74) is 2.32. The van der Waals surface area contributed by atoms with Gasteiger partial charge in [0.05, 0.1) is 5.69 Å². The first-order chi connectivity index (χ1) is 11.9. The van der Waals surface area contributed by atoms with Crippen LogP contribution >= 0.6 is 0 Å². The maximum absolute atomic E-state index is 4.65. The number of rotatable bonds is 4. The van der Waals surface area contributed by atoms with Crippen LogP contribution in [0, 0.1) is 0 Å². The molecule has 0 bridgehead atoms. The van der Waals surface area contributed by atoms with Gasteiger partial charge in [0, 0.05) is 56.2 Å². The summed E-state index contributed by atoms with van der Waals surface area (Å²) >= 11 is 0. The van der Waals surface area contributed by atoms with Gasteiger partial charge in [-0.15, -0.1) is 0 Å². The van der Waals surface area contributed by atoms with Gasteiger partial charge in [-0.3, -0.25) is 19.4 Å². The lowest BCUT2D eigenvalue weighted by Gasteiger charge is -2.32. The van der Waals surface area contributed by atoms with Crippen LogP contribution in [0.5, 0.6) is 0 Å². The molecule has 0 radical (unpaired) electrons. The van der Waals surface area contributed by atoms with E-state index in [0.717, 1.165) is 37.6 Å². The third kappa shape index (κ3) is 3.19. The Morgan fingerprint density at radius 1 is 1.08 bits per heavy atom. The van der Waals surface area contributed by atoms with Crippen molar-refractivity contribution >= 4 is 0 Å². The first kappa shape index (κ1) is 15.0. The molecule has 0 aromatic carbocycles. The van der Waals surface area contributed by atoms with Crippen molar-refractivity contribution in [2.45, 2.75) is 25.3 Å². The highest BCUT2D eigenvalue weighted by Gasteiger charge is 2.25. The summed E-state index contributed by atoms with van der Waals surface area (Å²) in [5.74, 6) is 1.28. The molecule has 4 heterocycles. The highest BCUT2D eigenvalue weighted by molar-refractivity contribution is 5.31. The molecule has 0 amide bonds. The Bertz CT molecular complexity index is 771. The van der Waals surface area contributed by atoms with E-state index in [1.165, 1.54) is 12.0 Å². The number of pyridine rings is 1. The molecule has 4 rings (SSSR count). The molecule has 3 aromatic heterocycles. The lowest BCUT2D eigenvalue weighted by atomic mass is 9.94. The van der Waals surface area contributed by atoms with Crippen molar-refractivity contribution in [2.75, 3.05) is 13.1 Å². The minimum atomic E-state index is 0.390. The minimum Gasteiger partial charge on any atom is -0.298 e. The zero-order valence-corrected chi connectivity index (χ0v) is 13.5. The van der Waals surface area contributed by atoms with Gasteiger partial charge in [-0.05, 0) is 31.0 Å². The fourth-order valence-corrected chi connectivity index (χ4v) is 3.38. The van der Waals surface area contributed by atoms with Crippen LogP contribution in [0.2, 0.25) is 0 Å². The Kier molecular flexibility index (Phi) is 4.29. The Morgan fingerprint density at radius 2 is 2.04 bits per heavy atom. The van der Waals surface area contributed by atoms with Crippen LogP contribution in [0.4, 0.5) is 0 Å². The van der Waals surface area contributed by atoms with Gasteiger partial charge < -0.3 is 0 Å². The normalized spacial score (nSPS) is 18.6. The summed E-state index contributed by atoms with van der Waals surface area (Å²) in [6, 6.07) is 4.13. The highest BCUT2D eigenvalue weighted by atomic mass is 15.1. The van der Waals surface area contributed by atoms with Crippen molar-refractivity contribution in [3.05, 3.63) is 66.9 Å². The average Bonchev–Trinajstić information content (AvgIpc) is 3.17. The molecular formula is C18H20N6. The van der Waals surface area contributed by atoms with Crippen LogP contribution in [0.15, 0.2) is 55.6 Å². The van der Waals surface area contributed by atoms with Gasteiger partial charge >= 0.3 is 0 Å². The van der Waals surface area contributed by atoms with Gasteiger partial charge in [0.1, 0.15) is 6.33 Å². The molecule has 24 heavy (non-hydrogen) atoms. The zero-order chi connectivity index (χ0) is 16.2. The van der Waals surface area contributed by atoms with Crippen LogP contribution in [-0.4, -0.2) is 42.5 Å². The van der Waals surface area contributed by atoms with E-state index in [-0.39, 0.29) is 0 Å².